The average molecular weight is 204 g/mol. The second-order valence-electron chi connectivity index (χ2n) is 5.05. The van der Waals surface area contributed by atoms with Crippen molar-refractivity contribution in [3.63, 3.8) is 0 Å². The van der Waals surface area contributed by atoms with Crippen LogP contribution in [-0.4, -0.2) is 16.1 Å². The molecule has 0 aromatic carbocycles. The summed E-state index contributed by atoms with van der Waals surface area (Å²) in [7, 11) is 0. The van der Waals surface area contributed by atoms with Crippen molar-refractivity contribution in [3.05, 3.63) is 17.0 Å². The molecule has 0 radical (unpaired) electrons. The third-order valence-corrected chi connectivity index (χ3v) is 3.84. The van der Waals surface area contributed by atoms with E-state index in [9.17, 15) is 4.79 Å². The van der Waals surface area contributed by atoms with Crippen LogP contribution in [0.5, 0.6) is 0 Å². The largest absolute Gasteiger partial charge is 0.296 e. The summed E-state index contributed by atoms with van der Waals surface area (Å²) < 4.78 is 2.07. The molecular formula is C12H16N2O. The molecule has 2 unspecified atom stereocenters. The molecule has 0 aliphatic heterocycles. The van der Waals surface area contributed by atoms with Gasteiger partial charge in [0.1, 0.15) is 5.69 Å². The molecule has 3 nitrogen and oxygen atoms in total. The minimum absolute atomic E-state index is 0.367. The summed E-state index contributed by atoms with van der Waals surface area (Å²) in [6.07, 6.45) is 4.72. The molecule has 0 N–H and O–H groups in total. The van der Waals surface area contributed by atoms with Crippen molar-refractivity contribution in [1.82, 2.24) is 9.78 Å². The summed E-state index contributed by atoms with van der Waals surface area (Å²) in [4.78, 5) is 11.0. The molecule has 2 bridgehead atoms. The number of carbonyl (C=O) groups is 1. The summed E-state index contributed by atoms with van der Waals surface area (Å²) in [5, 5.41) is 4.44. The fourth-order valence-electron chi connectivity index (χ4n) is 3.28. The Kier molecular flexibility index (Phi) is 1.79. The Hall–Kier alpha value is -1.12. The van der Waals surface area contributed by atoms with Crippen LogP contribution in [0, 0.1) is 0 Å². The van der Waals surface area contributed by atoms with Crippen LogP contribution in [0.2, 0.25) is 0 Å². The summed E-state index contributed by atoms with van der Waals surface area (Å²) in [5.74, 6) is 1.30. The zero-order valence-electron chi connectivity index (χ0n) is 9.23. The summed E-state index contributed by atoms with van der Waals surface area (Å²) >= 11 is 0. The van der Waals surface area contributed by atoms with Gasteiger partial charge in [0.25, 0.3) is 0 Å². The van der Waals surface area contributed by atoms with Gasteiger partial charge >= 0.3 is 0 Å². The van der Waals surface area contributed by atoms with Gasteiger partial charge < -0.3 is 0 Å². The van der Waals surface area contributed by atoms with Gasteiger partial charge in [-0.15, -0.1) is 0 Å². The fraction of sp³-hybridized carbons (Fsp3) is 0.667. The average Bonchev–Trinajstić information content (AvgIpc) is 2.88. The molecular weight excluding hydrogens is 188 g/mol. The quantitative estimate of drug-likeness (QED) is 0.694. The lowest BCUT2D eigenvalue weighted by atomic mass is 9.95. The molecule has 1 fully saturated rings. The monoisotopic (exact) mass is 204 g/mol. The molecule has 2 aliphatic rings. The van der Waals surface area contributed by atoms with Crippen LogP contribution in [0.25, 0.3) is 0 Å². The lowest BCUT2D eigenvalue weighted by Crippen LogP contribution is -2.10. The van der Waals surface area contributed by atoms with Gasteiger partial charge in [0.05, 0.1) is 0 Å². The van der Waals surface area contributed by atoms with Crippen LogP contribution >= 0.6 is 0 Å². The molecule has 1 saturated carbocycles. The Bertz CT molecular complexity index is 420. The number of rotatable bonds is 2. The maximum atomic E-state index is 11.0. The molecule has 80 valence electrons. The van der Waals surface area contributed by atoms with E-state index in [1.807, 2.05) is 0 Å². The van der Waals surface area contributed by atoms with Gasteiger partial charge in [-0.2, -0.15) is 5.10 Å². The molecule has 3 heteroatoms. The highest BCUT2D eigenvalue weighted by Crippen LogP contribution is 2.54. The van der Waals surface area contributed by atoms with Crippen LogP contribution in [0.1, 0.15) is 72.7 Å². The predicted octanol–water partition coefficient (Wildman–Crippen LogP) is 2.64. The number of hydrogen-bond acceptors (Lipinski definition) is 2. The topological polar surface area (TPSA) is 34.9 Å². The lowest BCUT2D eigenvalue weighted by Gasteiger charge is -2.15. The number of nitrogens with zero attached hydrogens (tertiary/aromatic N) is 2. The third kappa shape index (κ3) is 1.06. The van der Waals surface area contributed by atoms with E-state index < -0.39 is 0 Å². The third-order valence-electron chi connectivity index (χ3n) is 3.84. The van der Waals surface area contributed by atoms with E-state index in [2.05, 4.69) is 23.6 Å². The van der Waals surface area contributed by atoms with Crippen LogP contribution in [0.3, 0.4) is 0 Å². The number of aldehydes is 1. The molecule has 2 atom stereocenters. The number of aromatic nitrogens is 2. The van der Waals surface area contributed by atoms with Gasteiger partial charge in [0, 0.05) is 23.2 Å². The first-order valence-corrected chi connectivity index (χ1v) is 5.79. The Morgan fingerprint density at radius 3 is 2.80 bits per heavy atom. The molecule has 2 aliphatic carbocycles. The molecule has 3 rings (SSSR count). The van der Waals surface area contributed by atoms with Crippen molar-refractivity contribution >= 4 is 6.29 Å². The van der Waals surface area contributed by atoms with E-state index in [1.54, 1.807) is 0 Å². The first-order chi connectivity index (χ1) is 7.22. The molecule has 1 heterocycles. The van der Waals surface area contributed by atoms with Crippen molar-refractivity contribution in [2.24, 2.45) is 0 Å². The molecule has 0 saturated heterocycles. The highest BCUT2D eigenvalue weighted by molar-refractivity contribution is 5.76. The van der Waals surface area contributed by atoms with E-state index in [0.717, 1.165) is 6.29 Å². The van der Waals surface area contributed by atoms with Crippen molar-refractivity contribution in [1.29, 1.82) is 0 Å². The maximum absolute atomic E-state index is 11.0. The SMILES string of the molecule is CC(C)n1nc(C=O)c2c1C1CCC2C1. The van der Waals surface area contributed by atoms with Gasteiger partial charge in [0.15, 0.2) is 6.29 Å². The van der Waals surface area contributed by atoms with Crippen LogP contribution in [0.15, 0.2) is 0 Å². The highest BCUT2D eigenvalue weighted by atomic mass is 16.1. The Labute approximate surface area is 89.5 Å². The van der Waals surface area contributed by atoms with Crippen LogP contribution < -0.4 is 0 Å². The minimum atomic E-state index is 0.367. The summed E-state index contributed by atoms with van der Waals surface area (Å²) in [6.45, 7) is 4.27. The Balaban J connectivity index is 2.21. The van der Waals surface area contributed by atoms with Gasteiger partial charge in [-0.1, -0.05) is 0 Å². The first-order valence-electron chi connectivity index (χ1n) is 5.79. The number of fused-ring (bicyclic) bond motifs is 5. The second kappa shape index (κ2) is 2.94. The predicted molar refractivity (Wildman–Crippen MR) is 57.3 cm³/mol. The summed E-state index contributed by atoms with van der Waals surface area (Å²) in [6, 6.07) is 0.367. The smallest absolute Gasteiger partial charge is 0.170 e. The molecule has 0 spiro atoms. The standard InChI is InChI=1S/C12H16N2O/c1-7(2)14-12-9-4-3-8(5-9)11(12)10(6-15)13-14/h6-9H,3-5H2,1-2H3. The van der Waals surface area contributed by atoms with Crippen molar-refractivity contribution < 1.29 is 4.79 Å². The van der Waals surface area contributed by atoms with Crippen molar-refractivity contribution in [2.75, 3.05) is 0 Å². The lowest BCUT2D eigenvalue weighted by molar-refractivity contribution is 0.111. The van der Waals surface area contributed by atoms with E-state index in [4.69, 9.17) is 0 Å². The zero-order valence-corrected chi connectivity index (χ0v) is 9.23. The molecule has 1 aromatic heterocycles. The highest BCUT2D eigenvalue weighted by Gasteiger charge is 2.42. The first kappa shape index (κ1) is 9.13. The van der Waals surface area contributed by atoms with Gasteiger partial charge in [-0.05, 0) is 39.0 Å². The molecule has 1 aromatic rings. The fourth-order valence-corrected chi connectivity index (χ4v) is 3.28. The Morgan fingerprint density at radius 1 is 1.40 bits per heavy atom. The van der Waals surface area contributed by atoms with Crippen molar-refractivity contribution in [3.8, 4) is 0 Å². The van der Waals surface area contributed by atoms with Crippen LogP contribution in [-0.2, 0) is 0 Å². The number of carbonyl (C=O) groups excluding carboxylic acids is 1. The van der Waals surface area contributed by atoms with E-state index in [-0.39, 0.29) is 0 Å². The Morgan fingerprint density at radius 2 is 2.13 bits per heavy atom. The maximum Gasteiger partial charge on any atom is 0.170 e. The van der Waals surface area contributed by atoms with Gasteiger partial charge in [0.2, 0.25) is 0 Å². The molecule has 15 heavy (non-hydrogen) atoms. The molecule has 0 amide bonds. The van der Waals surface area contributed by atoms with Gasteiger partial charge in [-0.3, -0.25) is 9.48 Å². The van der Waals surface area contributed by atoms with E-state index in [0.29, 0.717) is 23.6 Å². The second-order valence-corrected chi connectivity index (χ2v) is 5.05. The van der Waals surface area contributed by atoms with Crippen molar-refractivity contribution in [2.45, 2.75) is 51.0 Å². The summed E-state index contributed by atoms with van der Waals surface area (Å²) in [5.41, 5.74) is 3.34. The van der Waals surface area contributed by atoms with Gasteiger partial charge in [-0.25, -0.2) is 0 Å². The minimum Gasteiger partial charge on any atom is -0.296 e. The zero-order chi connectivity index (χ0) is 10.6. The van der Waals surface area contributed by atoms with E-state index in [1.165, 1.54) is 30.5 Å². The normalized spacial score (nSPS) is 27.4. The van der Waals surface area contributed by atoms with E-state index >= 15 is 0 Å². The number of hydrogen-bond donors (Lipinski definition) is 0. The van der Waals surface area contributed by atoms with Crippen LogP contribution in [0.4, 0.5) is 0 Å².